The SMILES string of the molecule is CC=C(C)C(=O)O[C@@H]1c2c(C)coc2C[C@H]2CC[C@H](OC(C)=O)[C@H](C)[C@]21C. The summed E-state index contributed by atoms with van der Waals surface area (Å²) in [6.07, 6.45) is 5.50. The second-order valence-electron chi connectivity index (χ2n) is 8.29. The summed E-state index contributed by atoms with van der Waals surface area (Å²) >= 11 is 0. The second-order valence-corrected chi connectivity index (χ2v) is 8.29. The molecule has 1 aromatic heterocycles. The van der Waals surface area contributed by atoms with Crippen LogP contribution in [0.4, 0.5) is 0 Å². The van der Waals surface area contributed by atoms with E-state index >= 15 is 0 Å². The summed E-state index contributed by atoms with van der Waals surface area (Å²) in [5.41, 5.74) is 2.25. The van der Waals surface area contributed by atoms with Crippen LogP contribution >= 0.6 is 0 Å². The number of aryl methyl sites for hydroxylation is 1. The molecule has 0 radical (unpaired) electrons. The average molecular weight is 374 g/mol. The largest absolute Gasteiger partial charge is 0.469 e. The molecular formula is C22H30O5. The van der Waals surface area contributed by atoms with E-state index in [1.807, 2.05) is 13.8 Å². The van der Waals surface area contributed by atoms with Crippen molar-refractivity contribution in [2.24, 2.45) is 17.3 Å². The van der Waals surface area contributed by atoms with Crippen LogP contribution in [-0.2, 0) is 25.5 Å². The Morgan fingerprint density at radius 3 is 2.59 bits per heavy atom. The Kier molecular flexibility index (Phi) is 5.24. The predicted molar refractivity (Wildman–Crippen MR) is 101 cm³/mol. The summed E-state index contributed by atoms with van der Waals surface area (Å²) in [7, 11) is 0. The Hall–Kier alpha value is -2.04. The number of fused-ring (bicyclic) bond motifs is 2. The van der Waals surface area contributed by atoms with Gasteiger partial charge >= 0.3 is 11.9 Å². The van der Waals surface area contributed by atoms with E-state index in [1.165, 1.54) is 6.92 Å². The molecule has 5 heteroatoms. The predicted octanol–water partition coefficient (Wildman–Crippen LogP) is 4.68. The zero-order chi connectivity index (χ0) is 19.9. The van der Waals surface area contributed by atoms with Crippen LogP contribution in [0.25, 0.3) is 0 Å². The molecular weight excluding hydrogens is 344 g/mol. The van der Waals surface area contributed by atoms with Crippen LogP contribution in [0, 0.1) is 24.2 Å². The van der Waals surface area contributed by atoms with Crippen LogP contribution in [0.3, 0.4) is 0 Å². The highest BCUT2D eigenvalue weighted by Crippen LogP contribution is 2.60. The number of rotatable bonds is 3. The van der Waals surface area contributed by atoms with Crippen molar-refractivity contribution in [2.45, 2.75) is 73.0 Å². The van der Waals surface area contributed by atoms with Crippen LogP contribution < -0.4 is 0 Å². The van der Waals surface area contributed by atoms with E-state index in [1.54, 1.807) is 19.3 Å². The molecule has 0 saturated heterocycles. The first-order valence-electron chi connectivity index (χ1n) is 9.78. The highest BCUT2D eigenvalue weighted by atomic mass is 16.6. The van der Waals surface area contributed by atoms with Crippen molar-refractivity contribution in [3.05, 3.63) is 34.8 Å². The smallest absolute Gasteiger partial charge is 0.334 e. The van der Waals surface area contributed by atoms with E-state index in [9.17, 15) is 9.59 Å². The summed E-state index contributed by atoms with van der Waals surface area (Å²) in [5.74, 6) is 0.720. The molecule has 0 bridgehead atoms. The lowest BCUT2D eigenvalue weighted by Crippen LogP contribution is -2.53. The second kappa shape index (κ2) is 7.17. The molecule has 1 aromatic rings. The monoisotopic (exact) mass is 374 g/mol. The normalized spacial score (nSPS) is 33.0. The summed E-state index contributed by atoms with van der Waals surface area (Å²) in [6, 6.07) is 0. The number of ether oxygens (including phenoxy) is 2. The Labute approximate surface area is 161 Å². The van der Waals surface area contributed by atoms with E-state index in [4.69, 9.17) is 13.9 Å². The van der Waals surface area contributed by atoms with Crippen molar-refractivity contribution in [3.8, 4) is 0 Å². The number of furan rings is 1. The molecule has 5 atom stereocenters. The summed E-state index contributed by atoms with van der Waals surface area (Å²) in [5, 5.41) is 0. The van der Waals surface area contributed by atoms with Gasteiger partial charge in [0.15, 0.2) is 0 Å². The zero-order valence-electron chi connectivity index (χ0n) is 17.1. The molecule has 5 nitrogen and oxygen atoms in total. The van der Waals surface area contributed by atoms with Crippen LogP contribution in [-0.4, -0.2) is 18.0 Å². The third kappa shape index (κ3) is 3.21. The van der Waals surface area contributed by atoms with E-state index in [2.05, 4.69) is 13.8 Å². The lowest BCUT2D eigenvalue weighted by atomic mass is 9.53. The molecule has 2 aliphatic rings. The van der Waals surface area contributed by atoms with Gasteiger partial charge in [-0.2, -0.15) is 0 Å². The van der Waals surface area contributed by atoms with Gasteiger partial charge in [-0.25, -0.2) is 4.79 Å². The van der Waals surface area contributed by atoms with Gasteiger partial charge in [-0.1, -0.05) is 19.9 Å². The topological polar surface area (TPSA) is 65.7 Å². The highest BCUT2D eigenvalue weighted by molar-refractivity contribution is 5.87. The molecule has 2 aliphatic carbocycles. The Morgan fingerprint density at radius 2 is 1.96 bits per heavy atom. The lowest BCUT2D eigenvalue weighted by Gasteiger charge is -2.54. The van der Waals surface area contributed by atoms with Crippen LogP contribution in [0.1, 0.15) is 70.5 Å². The fraction of sp³-hybridized carbons (Fsp3) is 0.636. The maximum Gasteiger partial charge on any atom is 0.334 e. The maximum atomic E-state index is 12.7. The molecule has 1 heterocycles. The van der Waals surface area contributed by atoms with Gasteiger partial charge in [0.05, 0.1) is 6.26 Å². The van der Waals surface area contributed by atoms with Crippen LogP contribution in [0.5, 0.6) is 0 Å². The number of allylic oxidation sites excluding steroid dienone is 1. The van der Waals surface area contributed by atoms with Crippen LogP contribution in [0.2, 0.25) is 0 Å². The van der Waals surface area contributed by atoms with E-state index in [0.29, 0.717) is 11.5 Å². The Balaban J connectivity index is 2.05. The van der Waals surface area contributed by atoms with Gasteiger partial charge in [-0.15, -0.1) is 0 Å². The third-order valence-corrected chi connectivity index (χ3v) is 6.88. The Morgan fingerprint density at radius 1 is 1.26 bits per heavy atom. The van der Waals surface area contributed by atoms with Gasteiger partial charge in [0, 0.05) is 35.8 Å². The molecule has 1 saturated carbocycles. The molecule has 0 spiro atoms. The van der Waals surface area contributed by atoms with Gasteiger partial charge in [0.2, 0.25) is 0 Å². The van der Waals surface area contributed by atoms with Gasteiger partial charge < -0.3 is 13.9 Å². The summed E-state index contributed by atoms with van der Waals surface area (Å²) < 4.78 is 17.5. The van der Waals surface area contributed by atoms with E-state index in [0.717, 1.165) is 36.1 Å². The molecule has 148 valence electrons. The lowest BCUT2D eigenvalue weighted by molar-refractivity contribution is -0.184. The minimum absolute atomic E-state index is 0.0614. The molecule has 3 rings (SSSR count). The highest BCUT2D eigenvalue weighted by Gasteiger charge is 2.57. The number of carbonyl (C=O) groups is 2. The van der Waals surface area contributed by atoms with Crippen molar-refractivity contribution in [1.82, 2.24) is 0 Å². The van der Waals surface area contributed by atoms with Gasteiger partial charge in [-0.05, 0) is 45.1 Å². The van der Waals surface area contributed by atoms with E-state index < -0.39 is 6.10 Å². The molecule has 0 N–H and O–H groups in total. The summed E-state index contributed by atoms with van der Waals surface area (Å²) in [6.45, 7) is 11.3. The van der Waals surface area contributed by atoms with Crippen molar-refractivity contribution in [1.29, 1.82) is 0 Å². The molecule has 27 heavy (non-hydrogen) atoms. The number of esters is 2. The van der Waals surface area contributed by atoms with Crippen molar-refractivity contribution in [3.63, 3.8) is 0 Å². The third-order valence-electron chi connectivity index (χ3n) is 6.88. The molecule has 0 aromatic carbocycles. The zero-order valence-corrected chi connectivity index (χ0v) is 17.1. The van der Waals surface area contributed by atoms with Crippen molar-refractivity contribution >= 4 is 11.9 Å². The van der Waals surface area contributed by atoms with Crippen molar-refractivity contribution in [2.75, 3.05) is 0 Å². The first-order chi connectivity index (χ1) is 12.7. The first-order valence-corrected chi connectivity index (χ1v) is 9.78. The minimum Gasteiger partial charge on any atom is -0.469 e. The average Bonchev–Trinajstić information content (AvgIpc) is 2.98. The number of hydrogen-bond donors (Lipinski definition) is 0. The molecule has 0 unspecified atom stereocenters. The number of hydrogen-bond acceptors (Lipinski definition) is 5. The summed E-state index contributed by atoms with van der Waals surface area (Å²) in [4.78, 5) is 24.3. The maximum absolute atomic E-state index is 12.7. The fourth-order valence-electron chi connectivity index (χ4n) is 4.90. The van der Waals surface area contributed by atoms with E-state index in [-0.39, 0.29) is 29.4 Å². The quantitative estimate of drug-likeness (QED) is 0.568. The van der Waals surface area contributed by atoms with Crippen molar-refractivity contribution < 1.29 is 23.5 Å². The standard InChI is InChI=1S/C22H30O5/c1-7-12(2)21(24)27-20-19-13(3)11-25-18(19)10-16-8-9-17(26-15(5)23)14(4)22(16,20)6/h7,11,14,16-17,20H,8-10H2,1-6H3/t14-,16+,17-,20+,22+/m0/s1. The molecule has 0 amide bonds. The molecule has 1 fully saturated rings. The van der Waals surface area contributed by atoms with Gasteiger partial charge in [-0.3, -0.25) is 4.79 Å². The fourth-order valence-corrected chi connectivity index (χ4v) is 4.90. The van der Waals surface area contributed by atoms with Gasteiger partial charge in [0.1, 0.15) is 18.0 Å². The number of carbonyl (C=O) groups excluding carboxylic acids is 2. The molecule has 0 aliphatic heterocycles. The van der Waals surface area contributed by atoms with Gasteiger partial charge in [0.25, 0.3) is 0 Å². The van der Waals surface area contributed by atoms with Crippen LogP contribution in [0.15, 0.2) is 22.3 Å². The first kappa shape index (κ1) is 19.7. The Bertz CT molecular complexity index is 774. The minimum atomic E-state index is -0.416.